The second kappa shape index (κ2) is 5.23. The fraction of sp³-hybridized carbons (Fsp3) is 0.133. The largest absolute Gasteiger partial charge is 0.311 e. The summed E-state index contributed by atoms with van der Waals surface area (Å²) in [5.41, 5.74) is 2.47. The zero-order valence-electron chi connectivity index (χ0n) is 10.4. The number of amides is 1. The molecule has 0 atom stereocenters. The lowest BCUT2D eigenvalue weighted by molar-refractivity contribution is 0.0993. The van der Waals surface area contributed by atoms with Crippen molar-refractivity contribution in [3.05, 3.63) is 64.7 Å². The zero-order chi connectivity index (χ0) is 13.1. The summed E-state index contributed by atoms with van der Waals surface area (Å²) in [6.45, 7) is 1.98. The molecule has 0 saturated heterocycles. The fourth-order valence-corrected chi connectivity index (χ4v) is 2.08. The molecular formula is C15H14ClNO. The molecule has 0 N–H and O–H groups in total. The number of carbonyl (C=O) groups is 1. The summed E-state index contributed by atoms with van der Waals surface area (Å²) >= 11 is 6.04. The highest BCUT2D eigenvalue weighted by molar-refractivity contribution is 6.34. The molecule has 0 spiro atoms. The number of rotatable bonds is 2. The van der Waals surface area contributed by atoms with Crippen molar-refractivity contribution in [1.29, 1.82) is 0 Å². The second-order valence-corrected chi connectivity index (χ2v) is 4.54. The third-order valence-corrected chi connectivity index (χ3v) is 3.22. The minimum absolute atomic E-state index is 0.102. The van der Waals surface area contributed by atoms with E-state index in [-0.39, 0.29) is 5.91 Å². The van der Waals surface area contributed by atoms with Crippen molar-refractivity contribution in [3.63, 3.8) is 0 Å². The molecule has 0 aliphatic carbocycles. The maximum atomic E-state index is 12.4. The molecule has 0 radical (unpaired) electrons. The molecule has 2 aromatic rings. The van der Waals surface area contributed by atoms with Gasteiger partial charge in [0.2, 0.25) is 0 Å². The molecule has 0 heterocycles. The number of nitrogens with zero attached hydrogens (tertiary/aromatic N) is 1. The molecular weight excluding hydrogens is 246 g/mol. The van der Waals surface area contributed by atoms with E-state index in [1.54, 1.807) is 24.1 Å². The monoisotopic (exact) mass is 259 g/mol. The molecule has 0 aliphatic heterocycles. The predicted octanol–water partition coefficient (Wildman–Crippen LogP) is 3.93. The summed E-state index contributed by atoms with van der Waals surface area (Å²) in [7, 11) is 1.76. The molecule has 2 nitrogen and oxygen atoms in total. The average molecular weight is 260 g/mol. The SMILES string of the molecule is Cc1ccccc1N(C)C(=O)c1ccccc1Cl. The number of para-hydroxylation sites is 1. The Morgan fingerprint density at radius 3 is 2.33 bits per heavy atom. The third kappa shape index (κ3) is 2.39. The molecule has 0 saturated carbocycles. The highest BCUT2D eigenvalue weighted by Gasteiger charge is 2.16. The van der Waals surface area contributed by atoms with Gasteiger partial charge in [0.25, 0.3) is 5.91 Å². The lowest BCUT2D eigenvalue weighted by Crippen LogP contribution is -2.27. The van der Waals surface area contributed by atoms with Crippen molar-refractivity contribution in [2.24, 2.45) is 0 Å². The van der Waals surface area contributed by atoms with Crippen molar-refractivity contribution in [2.45, 2.75) is 6.92 Å². The Morgan fingerprint density at radius 2 is 1.67 bits per heavy atom. The Morgan fingerprint density at radius 1 is 1.06 bits per heavy atom. The normalized spacial score (nSPS) is 10.2. The summed E-state index contributed by atoms with van der Waals surface area (Å²) in [4.78, 5) is 14.0. The van der Waals surface area contributed by atoms with Crippen LogP contribution in [0.25, 0.3) is 0 Å². The number of carbonyl (C=O) groups excluding carboxylic acids is 1. The molecule has 2 rings (SSSR count). The van der Waals surface area contributed by atoms with E-state index >= 15 is 0 Å². The van der Waals surface area contributed by atoms with Gasteiger partial charge >= 0.3 is 0 Å². The van der Waals surface area contributed by atoms with Gasteiger partial charge in [-0.15, -0.1) is 0 Å². The van der Waals surface area contributed by atoms with E-state index in [9.17, 15) is 4.79 Å². The molecule has 0 aliphatic rings. The van der Waals surface area contributed by atoms with Gasteiger partial charge in [-0.3, -0.25) is 4.79 Å². The standard InChI is InChI=1S/C15H14ClNO/c1-11-7-3-6-10-14(11)17(2)15(18)12-8-4-5-9-13(12)16/h3-10H,1-2H3. The summed E-state index contributed by atoms with van der Waals surface area (Å²) in [6, 6.07) is 14.8. The van der Waals surface area contributed by atoms with Gasteiger partial charge in [0, 0.05) is 12.7 Å². The summed E-state index contributed by atoms with van der Waals surface area (Å²) in [5.74, 6) is -0.102. The van der Waals surface area contributed by atoms with Crippen LogP contribution in [-0.2, 0) is 0 Å². The van der Waals surface area contributed by atoms with Crippen LogP contribution in [0, 0.1) is 6.92 Å². The molecule has 92 valence electrons. The van der Waals surface area contributed by atoms with E-state index in [4.69, 9.17) is 11.6 Å². The first-order valence-electron chi connectivity index (χ1n) is 5.69. The van der Waals surface area contributed by atoms with Crippen LogP contribution in [0.4, 0.5) is 5.69 Å². The Balaban J connectivity index is 2.36. The Hall–Kier alpha value is -1.80. The van der Waals surface area contributed by atoms with E-state index in [2.05, 4.69) is 0 Å². The molecule has 18 heavy (non-hydrogen) atoms. The van der Waals surface area contributed by atoms with E-state index in [0.29, 0.717) is 10.6 Å². The molecule has 0 unspecified atom stereocenters. The maximum Gasteiger partial charge on any atom is 0.259 e. The van der Waals surface area contributed by atoms with Crippen LogP contribution in [0.1, 0.15) is 15.9 Å². The van der Waals surface area contributed by atoms with Crippen LogP contribution in [0.15, 0.2) is 48.5 Å². The van der Waals surface area contributed by atoms with Gasteiger partial charge in [-0.2, -0.15) is 0 Å². The summed E-state index contributed by atoms with van der Waals surface area (Å²) in [5, 5.41) is 0.475. The van der Waals surface area contributed by atoms with Crippen LogP contribution < -0.4 is 4.90 Å². The molecule has 0 bridgehead atoms. The van der Waals surface area contributed by atoms with E-state index in [1.165, 1.54) is 0 Å². The zero-order valence-corrected chi connectivity index (χ0v) is 11.1. The van der Waals surface area contributed by atoms with Crippen LogP contribution >= 0.6 is 11.6 Å². The smallest absolute Gasteiger partial charge is 0.259 e. The van der Waals surface area contributed by atoms with Crippen molar-refractivity contribution >= 4 is 23.2 Å². The second-order valence-electron chi connectivity index (χ2n) is 4.13. The van der Waals surface area contributed by atoms with E-state index in [0.717, 1.165) is 11.3 Å². The van der Waals surface area contributed by atoms with Crippen LogP contribution in [0.5, 0.6) is 0 Å². The van der Waals surface area contributed by atoms with E-state index < -0.39 is 0 Å². The number of halogens is 1. The molecule has 0 aromatic heterocycles. The predicted molar refractivity (Wildman–Crippen MR) is 75.4 cm³/mol. The molecule has 2 aromatic carbocycles. The average Bonchev–Trinajstić information content (AvgIpc) is 2.38. The van der Waals surface area contributed by atoms with Crippen molar-refractivity contribution < 1.29 is 4.79 Å². The number of anilines is 1. The first-order chi connectivity index (χ1) is 8.61. The number of hydrogen-bond acceptors (Lipinski definition) is 1. The first-order valence-corrected chi connectivity index (χ1v) is 6.07. The van der Waals surface area contributed by atoms with E-state index in [1.807, 2.05) is 43.3 Å². The highest BCUT2D eigenvalue weighted by atomic mass is 35.5. The molecule has 0 fully saturated rings. The number of benzene rings is 2. The lowest BCUT2D eigenvalue weighted by Gasteiger charge is -2.20. The lowest BCUT2D eigenvalue weighted by atomic mass is 10.1. The van der Waals surface area contributed by atoms with Gasteiger partial charge in [0.05, 0.1) is 10.6 Å². The molecule has 3 heteroatoms. The number of hydrogen-bond donors (Lipinski definition) is 0. The van der Waals surface area contributed by atoms with Crippen molar-refractivity contribution in [1.82, 2.24) is 0 Å². The quantitative estimate of drug-likeness (QED) is 0.800. The van der Waals surface area contributed by atoms with Gasteiger partial charge in [-0.1, -0.05) is 41.9 Å². The van der Waals surface area contributed by atoms with Crippen molar-refractivity contribution in [3.8, 4) is 0 Å². The third-order valence-electron chi connectivity index (χ3n) is 2.89. The Bertz CT molecular complexity index is 580. The minimum Gasteiger partial charge on any atom is -0.311 e. The minimum atomic E-state index is -0.102. The highest BCUT2D eigenvalue weighted by Crippen LogP contribution is 2.22. The first kappa shape index (κ1) is 12.7. The van der Waals surface area contributed by atoms with Gasteiger partial charge < -0.3 is 4.90 Å². The van der Waals surface area contributed by atoms with Gasteiger partial charge in [-0.05, 0) is 30.7 Å². The van der Waals surface area contributed by atoms with Crippen LogP contribution in [0.2, 0.25) is 5.02 Å². The van der Waals surface area contributed by atoms with Crippen LogP contribution in [0.3, 0.4) is 0 Å². The Labute approximate surface area is 112 Å². The fourth-order valence-electron chi connectivity index (χ4n) is 1.86. The van der Waals surface area contributed by atoms with Gasteiger partial charge in [-0.25, -0.2) is 0 Å². The van der Waals surface area contributed by atoms with Gasteiger partial charge in [0.15, 0.2) is 0 Å². The van der Waals surface area contributed by atoms with Crippen molar-refractivity contribution in [2.75, 3.05) is 11.9 Å². The molecule has 1 amide bonds. The number of aryl methyl sites for hydroxylation is 1. The summed E-state index contributed by atoms with van der Waals surface area (Å²) < 4.78 is 0. The topological polar surface area (TPSA) is 20.3 Å². The summed E-state index contributed by atoms with van der Waals surface area (Å²) in [6.07, 6.45) is 0. The van der Waals surface area contributed by atoms with Gasteiger partial charge in [0.1, 0.15) is 0 Å². The van der Waals surface area contributed by atoms with Crippen LogP contribution in [-0.4, -0.2) is 13.0 Å². The Kier molecular flexibility index (Phi) is 3.68. The maximum absolute atomic E-state index is 12.4.